The van der Waals surface area contributed by atoms with Gasteiger partial charge in [-0.2, -0.15) is 0 Å². The number of aliphatic hydroxyl groups is 2. The third-order valence-corrected chi connectivity index (χ3v) is 16.6. The van der Waals surface area contributed by atoms with Gasteiger partial charge in [-0.1, -0.05) is 44.2 Å². The Kier molecular flexibility index (Phi) is 8.52. The number of piperidine rings is 1. The number of para-hydroxylation sites is 1. The van der Waals surface area contributed by atoms with Crippen molar-refractivity contribution >= 4 is 41.4 Å². The molecule has 14 heteroatoms. The maximum absolute atomic E-state index is 15.3. The van der Waals surface area contributed by atoms with Crippen LogP contribution in [0.15, 0.2) is 53.5 Å². The van der Waals surface area contributed by atoms with E-state index in [0.717, 1.165) is 11.3 Å². The Hall–Kier alpha value is -4.63. The fourth-order valence-electron chi connectivity index (χ4n) is 14.7. The highest BCUT2D eigenvalue weighted by atomic mass is 16.6. The molecule has 5 fully saturated rings. The first-order valence-electron chi connectivity index (χ1n) is 21.4. The number of rotatable bonds is 8. The van der Waals surface area contributed by atoms with Crippen LogP contribution in [0.4, 0.5) is 11.4 Å². The van der Waals surface area contributed by atoms with Crippen molar-refractivity contribution in [1.29, 1.82) is 0 Å². The summed E-state index contributed by atoms with van der Waals surface area (Å²) in [6.45, 7) is 7.56. The Balaban J connectivity index is 1.28. The zero-order valence-electron chi connectivity index (χ0n) is 35.1. The van der Waals surface area contributed by atoms with Gasteiger partial charge in [0, 0.05) is 54.6 Å². The van der Waals surface area contributed by atoms with Gasteiger partial charge in [0.05, 0.1) is 55.5 Å². The third-order valence-electron chi connectivity index (χ3n) is 16.6. The van der Waals surface area contributed by atoms with E-state index < -0.39 is 69.0 Å². The van der Waals surface area contributed by atoms with Crippen LogP contribution >= 0.6 is 0 Å². The molecule has 60 heavy (non-hydrogen) atoms. The lowest BCUT2D eigenvalue weighted by Gasteiger charge is -2.63. The number of nitrogens with zero attached hydrogens (tertiary/aromatic N) is 4. The Morgan fingerprint density at radius 1 is 0.917 bits per heavy atom. The molecule has 11 atom stereocenters. The molecule has 6 aliphatic heterocycles. The molecule has 0 radical (unpaired) electrons. The van der Waals surface area contributed by atoms with Gasteiger partial charge in [-0.3, -0.25) is 29.2 Å². The third kappa shape index (κ3) is 4.40. The lowest BCUT2D eigenvalue weighted by atomic mass is 9.47. The zero-order valence-corrected chi connectivity index (χ0v) is 35.1. The van der Waals surface area contributed by atoms with Gasteiger partial charge in [-0.15, -0.1) is 0 Å². The molecular formula is C46H54N4O10. The second-order valence-corrected chi connectivity index (χ2v) is 18.6. The Bertz CT molecular complexity index is 2300. The highest BCUT2D eigenvalue weighted by molar-refractivity contribution is 6.21. The first kappa shape index (κ1) is 39.5. The molecule has 2 spiro atoms. The van der Waals surface area contributed by atoms with Crippen molar-refractivity contribution in [2.45, 2.75) is 111 Å². The minimum atomic E-state index is -2.53. The van der Waals surface area contributed by atoms with E-state index in [-0.39, 0.29) is 18.4 Å². The average Bonchev–Trinajstić information content (AvgIpc) is 4.01. The summed E-state index contributed by atoms with van der Waals surface area (Å²) in [5.74, 6) is -2.07. The van der Waals surface area contributed by atoms with E-state index in [0.29, 0.717) is 93.0 Å². The summed E-state index contributed by atoms with van der Waals surface area (Å²) >= 11 is 0. The van der Waals surface area contributed by atoms with Gasteiger partial charge in [0.25, 0.3) is 0 Å². The van der Waals surface area contributed by atoms with Gasteiger partial charge in [-0.25, -0.2) is 4.79 Å². The van der Waals surface area contributed by atoms with Gasteiger partial charge in [0.1, 0.15) is 11.2 Å². The number of carbonyl (C=O) groups is 4. The predicted molar refractivity (Wildman–Crippen MR) is 218 cm³/mol. The Morgan fingerprint density at radius 2 is 1.67 bits per heavy atom. The standard InChI is InChI=1S/C46H54N4O10/c1-7-41(55)22-27-23-45(39(53)58-5,35-43(15-19-49(24-41)34(27)43)28-12-9-10-13-31(28)47-35)30-20-29-32(21-33(30)57-4)50(25-51)37-44(29)16-18-48-17-11-14-42(8-2,36(44)48)38(60-26(3)52)46(37,56)40(54)59-6/h9-14,20-21,25,27,34,36-38,55-56H,7-8,15-19,22-24H2,1-6H3/t27-,34-,36-,37+,38+,41-,42+,43+,44+,45-,46-/m0/s1. The monoisotopic (exact) mass is 822 g/mol. The van der Waals surface area contributed by atoms with E-state index in [4.69, 9.17) is 23.9 Å². The summed E-state index contributed by atoms with van der Waals surface area (Å²) in [4.78, 5) is 68.0. The molecule has 0 aromatic heterocycles. The van der Waals surface area contributed by atoms with Crippen LogP contribution in [-0.4, -0.2) is 133 Å². The first-order valence-corrected chi connectivity index (χ1v) is 21.4. The molecule has 6 heterocycles. The van der Waals surface area contributed by atoms with Crippen LogP contribution < -0.4 is 9.64 Å². The molecule has 2 aromatic rings. The van der Waals surface area contributed by atoms with Crippen LogP contribution in [0, 0.1) is 11.3 Å². The van der Waals surface area contributed by atoms with Crippen LogP contribution in [0.1, 0.15) is 76.0 Å². The number of carbonyl (C=O) groups excluding carboxylic acids is 4. The SMILES string of the molecule is CC[C@]1(O)C[C@H]2C[C@](C(=O)OC)(c3cc4c(cc3OC)N(C=O)[C@H]3[C@@](O)(C(=O)OC)[C@H](OC(C)=O)[C@]5(CC)C=CCN6CC[C@]43[C@@H]65)C3=Nc4ccccc4[C@@]34CCN(C1)[C@@H]24. The lowest BCUT2D eigenvalue weighted by Crippen LogP contribution is -2.81. The minimum Gasteiger partial charge on any atom is -0.496 e. The van der Waals surface area contributed by atoms with Crippen molar-refractivity contribution in [3.63, 3.8) is 0 Å². The number of esters is 3. The molecular weight excluding hydrogens is 769 g/mol. The Morgan fingerprint density at radius 3 is 2.35 bits per heavy atom. The fraction of sp³-hybridized carbons (Fsp3) is 0.587. The molecule has 1 amide bonds. The number of fused-ring (bicyclic) bond motifs is 2. The van der Waals surface area contributed by atoms with Crippen molar-refractivity contribution in [2.24, 2.45) is 16.3 Å². The molecule has 2 aromatic carbocycles. The second kappa shape index (κ2) is 12.9. The summed E-state index contributed by atoms with van der Waals surface area (Å²) in [6.07, 6.45) is 5.95. The molecule has 14 nitrogen and oxygen atoms in total. The second-order valence-electron chi connectivity index (χ2n) is 18.6. The Labute approximate surface area is 349 Å². The topological polar surface area (TPSA) is 168 Å². The number of amides is 1. The summed E-state index contributed by atoms with van der Waals surface area (Å²) in [7, 11) is 4.09. The van der Waals surface area contributed by atoms with Crippen LogP contribution in [0.2, 0.25) is 0 Å². The molecule has 2 saturated carbocycles. The molecule has 8 aliphatic rings. The van der Waals surface area contributed by atoms with E-state index in [1.807, 2.05) is 50.3 Å². The average molecular weight is 823 g/mol. The van der Waals surface area contributed by atoms with Crippen molar-refractivity contribution < 1.29 is 48.3 Å². The first-order chi connectivity index (χ1) is 28.8. The summed E-state index contributed by atoms with van der Waals surface area (Å²) in [6, 6.07) is 10.0. The van der Waals surface area contributed by atoms with Crippen LogP contribution in [-0.2, 0) is 49.6 Å². The van der Waals surface area contributed by atoms with Gasteiger partial charge < -0.3 is 34.1 Å². The largest absolute Gasteiger partial charge is 0.496 e. The number of aliphatic imine (C=N–C) groups is 1. The molecule has 318 valence electrons. The highest BCUT2D eigenvalue weighted by Gasteiger charge is 2.81. The number of anilines is 1. The molecule has 10 rings (SSSR count). The summed E-state index contributed by atoms with van der Waals surface area (Å²) < 4.78 is 23.7. The summed E-state index contributed by atoms with van der Waals surface area (Å²) in [5, 5.41) is 25.4. The molecule has 3 saturated heterocycles. The van der Waals surface area contributed by atoms with E-state index in [1.54, 1.807) is 6.07 Å². The van der Waals surface area contributed by atoms with Crippen LogP contribution in [0.3, 0.4) is 0 Å². The van der Waals surface area contributed by atoms with E-state index >= 15 is 4.79 Å². The maximum Gasteiger partial charge on any atom is 0.344 e. The van der Waals surface area contributed by atoms with Crippen LogP contribution in [0.5, 0.6) is 5.75 Å². The zero-order chi connectivity index (χ0) is 42.4. The summed E-state index contributed by atoms with van der Waals surface area (Å²) in [5.41, 5.74) is -3.80. The van der Waals surface area contributed by atoms with Gasteiger partial charge in [0.15, 0.2) is 6.10 Å². The molecule has 0 unspecified atom stereocenters. The lowest BCUT2D eigenvalue weighted by molar-refractivity contribution is -0.228. The highest BCUT2D eigenvalue weighted by Crippen LogP contribution is 2.70. The number of ether oxygens (including phenoxy) is 4. The van der Waals surface area contributed by atoms with Gasteiger partial charge >= 0.3 is 17.9 Å². The quantitative estimate of drug-likeness (QED) is 0.173. The van der Waals surface area contributed by atoms with Gasteiger partial charge in [-0.05, 0) is 80.8 Å². The number of hydrogen-bond donors (Lipinski definition) is 2. The number of hydrogen-bond acceptors (Lipinski definition) is 13. The molecule has 2 N–H and O–H groups in total. The predicted octanol–water partition coefficient (Wildman–Crippen LogP) is 3.24. The van der Waals surface area contributed by atoms with Crippen molar-refractivity contribution in [2.75, 3.05) is 52.4 Å². The van der Waals surface area contributed by atoms with E-state index in [9.17, 15) is 24.6 Å². The fourth-order valence-corrected chi connectivity index (χ4v) is 14.7. The normalized spacial score (nSPS) is 40.3. The smallest absolute Gasteiger partial charge is 0.344 e. The van der Waals surface area contributed by atoms with Crippen molar-refractivity contribution in [1.82, 2.24) is 9.80 Å². The molecule has 0 bridgehead atoms. The number of methoxy groups -OCH3 is 3. The van der Waals surface area contributed by atoms with Crippen molar-refractivity contribution in [3.8, 4) is 5.75 Å². The van der Waals surface area contributed by atoms with Crippen LogP contribution in [0.25, 0.3) is 0 Å². The van der Waals surface area contributed by atoms with Crippen molar-refractivity contribution in [3.05, 3.63) is 65.2 Å². The molecule has 2 aliphatic carbocycles. The van der Waals surface area contributed by atoms with E-state index in [1.165, 1.54) is 33.2 Å². The minimum absolute atomic E-state index is 0.0207. The number of benzene rings is 2. The maximum atomic E-state index is 15.3. The van der Waals surface area contributed by atoms with E-state index in [2.05, 4.69) is 15.9 Å². The van der Waals surface area contributed by atoms with Gasteiger partial charge in [0.2, 0.25) is 12.0 Å².